The number of hydrogen-bond acceptors (Lipinski definition) is 4. The Balaban J connectivity index is 2.35. The zero-order valence-electron chi connectivity index (χ0n) is 11.5. The second kappa shape index (κ2) is 7.81. The highest BCUT2D eigenvalue weighted by molar-refractivity contribution is 5.90. The first kappa shape index (κ1) is 14.6. The number of nitrogens with one attached hydrogen (secondary N) is 2. The molecule has 1 aromatic rings. The predicted octanol–water partition coefficient (Wildman–Crippen LogP) is 0.829. The van der Waals surface area contributed by atoms with Crippen LogP contribution in [0.4, 0.5) is 0 Å². The van der Waals surface area contributed by atoms with E-state index in [1.165, 1.54) is 0 Å². The molecule has 2 N–H and O–H groups in total. The van der Waals surface area contributed by atoms with Gasteiger partial charge in [0, 0.05) is 19.5 Å². The van der Waals surface area contributed by atoms with Gasteiger partial charge in [-0.05, 0) is 19.5 Å². The van der Waals surface area contributed by atoms with E-state index in [0.717, 1.165) is 38.3 Å². The third kappa shape index (κ3) is 4.44. The van der Waals surface area contributed by atoms with Gasteiger partial charge in [0.1, 0.15) is 5.82 Å². The zero-order valence-corrected chi connectivity index (χ0v) is 11.5. The maximum atomic E-state index is 11.7. The van der Waals surface area contributed by atoms with Crippen LogP contribution in [0, 0.1) is 0 Å². The van der Waals surface area contributed by atoms with Gasteiger partial charge in [0.25, 0.3) is 5.91 Å². The topological polar surface area (TPSA) is 73.9 Å². The maximum absolute atomic E-state index is 11.7. The molecule has 0 fully saturated rings. The summed E-state index contributed by atoms with van der Waals surface area (Å²) in [6, 6.07) is 0. The van der Waals surface area contributed by atoms with Gasteiger partial charge in [0.2, 0.25) is 5.82 Å². The highest BCUT2D eigenvalue weighted by atomic mass is 16.2. The van der Waals surface area contributed by atoms with E-state index in [0.29, 0.717) is 6.54 Å². The number of hydrogen-bond donors (Lipinski definition) is 2. The summed E-state index contributed by atoms with van der Waals surface area (Å²) in [4.78, 5) is 18.1. The summed E-state index contributed by atoms with van der Waals surface area (Å²) in [5.41, 5.74) is 0. The Labute approximate surface area is 108 Å². The summed E-state index contributed by atoms with van der Waals surface area (Å²) < 4.78 is 0. The van der Waals surface area contributed by atoms with Gasteiger partial charge in [-0.15, -0.1) is 5.10 Å². The van der Waals surface area contributed by atoms with Gasteiger partial charge in [-0.25, -0.2) is 4.98 Å². The Bertz CT molecular complexity index is 359. The second-order valence-electron chi connectivity index (χ2n) is 4.14. The zero-order chi connectivity index (χ0) is 13.4. The van der Waals surface area contributed by atoms with E-state index in [1.54, 1.807) is 0 Å². The number of carbonyl (C=O) groups excluding carboxylic acids is 1. The number of aromatic nitrogens is 3. The molecule has 1 amide bonds. The van der Waals surface area contributed by atoms with Crippen molar-refractivity contribution in [3.63, 3.8) is 0 Å². The van der Waals surface area contributed by atoms with Crippen LogP contribution in [0.1, 0.15) is 43.6 Å². The van der Waals surface area contributed by atoms with Gasteiger partial charge in [-0.2, -0.15) is 0 Å². The number of aryl methyl sites for hydroxylation is 1. The number of aromatic amines is 1. The molecule has 0 aromatic carbocycles. The van der Waals surface area contributed by atoms with E-state index in [1.807, 2.05) is 0 Å². The van der Waals surface area contributed by atoms with Gasteiger partial charge in [0.15, 0.2) is 0 Å². The molecule has 0 bridgehead atoms. The van der Waals surface area contributed by atoms with E-state index >= 15 is 0 Å². The maximum Gasteiger partial charge on any atom is 0.291 e. The Kier molecular flexibility index (Phi) is 6.35. The molecular weight excluding hydrogens is 230 g/mol. The summed E-state index contributed by atoms with van der Waals surface area (Å²) in [5.74, 6) is 0.796. The third-order valence-electron chi connectivity index (χ3n) is 2.83. The first-order chi connectivity index (χ1) is 8.71. The fourth-order valence-electron chi connectivity index (χ4n) is 1.69. The van der Waals surface area contributed by atoms with Crippen molar-refractivity contribution in [2.45, 2.75) is 33.6 Å². The lowest BCUT2D eigenvalue weighted by molar-refractivity contribution is 0.0939. The van der Waals surface area contributed by atoms with Gasteiger partial charge < -0.3 is 10.2 Å². The monoisotopic (exact) mass is 253 g/mol. The summed E-state index contributed by atoms with van der Waals surface area (Å²) in [7, 11) is 0. The molecule has 0 atom stereocenters. The second-order valence-corrected chi connectivity index (χ2v) is 4.14. The number of H-pyrrole nitrogens is 1. The Morgan fingerprint density at radius 2 is 2.06 bits per heavy atom. The van der Waals surface area contributed by atoms with Crippen LogP contribution in [-0.2, 0) is 6.42 Å². The quantitative estimate of drug-likeness (QED) is 0.719. The van der Waals surface area contributed by atoms with E-state index in [9.17, 15) is 4.79 Å². The van der Waals surface area contributed by atoms with Gasteiger partial charge in [0.05, 0.1) is 0 Å². The molecule has 0 unspecified atom stereocenters. The van der Waals surface area contributed by atoms with E-state index in [4.69, 9.17) is 0 Å². The molecule has 1 rings (SSSR count). The summed E-state index contributed by atoms with van der Waals surface area (Å²) >= 11 is 0. The molecule has 0 spiro atoms. The summed E-state index contributed by atoms with van der Waals surface area (Å²) in [6.45, 7) is 9.74. The highest BCUT2D eigenvalue weighted by Gasteiger charge is 2.11. The first-order valence-corrected chi connectivity index (χ1v) is 6.63. The molecule has 0 radical (unpaired) electrons. The van der Waals surface area contributed by atoms with Crippen molar-refractivity contribution in [2.75, 3.05) is 26.2 Å². The molecule has 6 nitrogen and oxygen atoms in total. The van der Waals surface area contributed by atoms with Crippen molar-refractivity contribution >= 4 is 5.91 Å². The molecule has 0 aliphatic carbocycles. The fourth-order valence-corrected chi connectivity index (χ4v) is 1.69. The molecule has 6 heteroatoms. The van der Waals surface area contributed by atoms with Crippen LogP contribution in [0.3, 0.4) is 0 Å². The van der Waals surface area contributed by atoms with E-state index in [2.05, 4.69) is 46.2 Å². The highest BCUT2D eigenvalue weighted by Crippen LogP contribution is 1.96. The number of nitrogens with zero attached hydrogens (tertiary/aromatic N) is 3. The van der Waals surface area contributed by atoms with Crippen molar-refractivity contribution in [3.05, 3.63) is 11.6 Å². The van der Waals surface area contributed by atoms with Crippen molar-refractivity contribution in [2.24, 2.45) is 0 Å². The van der Waals surface area contributed by atoms with Gasteiger partial charge in [-0.1, -0.05) is 20.8 Å². The molecule has 0 aliphatic rings. The van der Waals surface area contributed by atoms with Crippen molar-refractivity contribution in [3.8, 4) is 0 Å². The van der Waals surface area contributed by atoms with Crippen molar-refractivity contribution in [1.29, 1.82) is 0 Å². The lowest BCUT2D eigenvalue weighted by atomic mass is 10.3. The van der Waals surface area contributed by atoms with E-state index < -0.39 is 0 Å². The normalized spacial score (nSPS) is 10.9. The van der Waals surface area contributed by atoms with Crippen LogP contribution >= 0.6 is 0 Å². The molecule has 0 aliphatic heterocycles. The van der Waals surface area contributed by atoms with Crippen molar-refractivity contribution < 1.29 is 4.79 Å². The van der Waals surface area contributed by atoms with Crippen LogP contribution < -0.4 is 5.32 Å². The average molecular weight is 253 g/mol. The largest absolute Gasteiger partial charge is 0.348 e. The van der Waals surface area contributed by atoms with Crippen LogP contribution in [0.5, 0.6) is 0 Å². The molecule has 0 saturated heterocycles. The minimum Gasteiger partial charge on any atom is -0.348 e. The third-order valence-corrected chi connectivity index (χ3v) is 2.83. The lowest BCUT2D eigenvalue weighted by Crippen LogP contribution is -2.35. The van der Waals surface area contributed by atoms with E-state index in [-0.39, 0.29) is 11.7 Å². The minimum absolute atomic E-state index is 0.208. The van der Waals surface area contributed by atoms with Crippen LogP contribution in [0.2, 0.25) is 0 Å². The van der Waals surface area contributed by atoms with Gasteiger partial charge >= 0.3 is 0 Å². The fraction of sp³-hybridized carbons (Fsp3) is 0.750. The first-order valence-electron chi connectivity index (χ1n) is 6.63. The average Bonchev–Trinajstić information content (AvgIpc) is 2.83. The molecule has 102 valence electrons. The molecule has 18 heavy (non-hydrogen) atoms. The Hall–Kier alpha value is -1.43. The van der Waals surface area contributed by atoms with Crippen LogP contribution in [0.15, 0.2) is 0 Å². The Morgan fingerprint density at radius 1 is 1.33 bits per heavy atom. The van der Waals surface area contributed by atoms with Crippen molar-refractivity contribution in [1.82, 2.24) is 25.4 Å². The number of amides is 1. The number of rotatable bonds is 8. The SMILES string of the molecule is CCCc1nc(C(=O)NCCN(CC)CC)n[nH]1. The molecular formula is C12H23N5O. The standard InChI is InChI=1S/C12H23N5O/c1-4-7-10-14-11(16-15-10)12(18)13-8-9-17(5-2)6-3/h4-9H2,1-3H3,(H,13,18)(H,14,15,16). The summed E-state index contributed by atoms with van der Waals surface area (Å²) in [5, 5.41) is 9.52. The number of likely N-dealkylation sites (N-methyl/N-ethyl adjacent to an activating group) is 1. The van der Waals surface area contributed by atoms with Gasteiger partial charge in [-0.3, -0.25) is 9.89 Å². The smallest absolute Gasteiger partial charge is 0.291 e. The predicted molar refractivity (Wildman–Crippen MR) is 70.5 cm³/mol. The Morgan fingerprint density at radius 3 is 2.67 bits per heavy atom. The molecule has 1 aromatic heterocycles. The van der Waals surface area contributed by atoms with Crippen LogP contribution in [0.25, 0.3) is 0 Å². The molecule has 1 heterocycles. The minimum atomic E-state index is -0.208. The molecule has 0 saturated carbocycles. The summed E-state index contributed by atoms with van der Waals surface area (Å²) in [6.07, 6.45) is 1.80. The number of carbonyl (C=O) groups is 1. The lowest BCUT2D eigenvalue weighted by Gasteiger charge is -2.17. The van der Waals surface area contributed by atoms with Crippen LogP contribution in [-0.4, -0.2) is 52.2 Å².